The second-order valence-corrected chi connectivity index (χ2v) is 6.42. The van der Waals surface area contributed by atoms with Crippen molar-refractivity contribution < 1.29 is 18.7 Å². The SMILES string of the molecule is CCCC1N=C(C)C(C#N)C(c2ccc(F)c(F)c2)C1(C)C(=O)O. The number of nitrogens with zero attached hydrogens (tertiary/aromatic N) is 2. The highest BCUT2D eigenvalue weighted by atomic mass is 19.2. The fraction of sp³-hybridized carbons (Fsp3) is 0.500. The van der Waals surface area contributed by atoms with E-state index in [9.17, 15) is 23.9 Å². The average molecular weight is 334 g/mol. The van der Waals surface area contributed by atoms with E-state index in [1.165, 1.54) is 6.07 Å². The van der Waals surface area contributed by atoms with Gasteiger partial charge in [-0.3, -0.25) is 9.79 Å². The van der Waals surface area contributed by atoms with E-state index < -0.39 is 40.9 Å². The third-order valence-corrected chi connectivity index (χ3v) is 4.95. The summed E-state index contributed by atoms with van der Waals surface area (Å²) in [7, 11) is 0. The van der Waals surface area contributed by atoms with Gasteiger partial charge in [0.05, 0.1) is 23.4 Å². The molecule has 0 saturated carbocycles. The zero-order valence-electron chi connectivity index (χ0n) is 13.9. The van der Waals surface area contributed by atoms with Crippen LogP contribution in [0, 0.1) is 34.3 Å². The van der Waals surface area contributed by atoms with Gasteiger partial charge in [0.1, 0.15) is 0 Å². The summed E-state index contributed by atoms with van der Waals surface area (Å²) in [5.74, 6) is -4.75. The van der Waals surface area contributed by atoms with E-state index in [-0.39, 0.29) is 0 Å². The van der Waals surface area contributed by atoms with Crippen molar-refractivity contribution in [3.05, 3.63) is 35.4 Å². The second-order valence-electron chi connectivity index (χ2n) is 6.42. The van der Waals surface area contributed by atoms with Crippen molar-refractivity contribution in [2.24, 2.45) is 16.3 Å². The number of carboxylic acid groups (broad SMARTS) is 1. The summed E-state index contributed by atoms with van der Waals surface area (Å²) >= 11 is 0. The molecule has 4 nitrogen and oxygen atoms in total. The molecule has 4 unspecified atom stereocenters. The van der Waals surface area contributed by atoms with Crippen LogP contribution in [0.15, 0.2) is 23.2 Å². The minimum atomic E-state index is -1.37. The van der Waals surface area contributed by atoms with E-state index in [0.717, 1.165) is 18.6 Å². The van der Waals surface area contributed by atoms with Gasteiger partial charge in [-0.15, -0.1) is 0 Å². The molecule has 2 rings (SSSR count). The van der Waals surface area contributed by atoms with E-state index in [1.54, 1.807) is 13.8 Å². The van der Waals surface area contributed by atoms with Crippen LogP contribution < -0.4 is 0 Å². The molecule has 0 saturated heterocycles. The van der Waals surface area contributed by atoms with Crippen molar-refractivity contribution in [1.29, 1.82) is 5.26 Å². The standard InChI is InChI=1S/C18H20F2N2O2/c1-4-5-15-18(3,17(23)24)16(12(9-21)10(2)22-15)11-6-7-13(19)14(20)8-11/h6-8,12,15-16H,4-5H2,1-3H3,(H,23,24). The quantitative estimate of drug-likeness (QED) is 0.907. The first-order valence-corrected chi connectivity index (χ1v) is 7.89. The molecular weight excluding hydrogens is 314 g/mol. The van der Waals surface area contributed by atoms with Crippen molar-refractivity contribution in [3.8, 4) is 6.07 Å². The molecule has 1 heterocycles. The molecule has 1 aromatic rings. The smallest absolute Gasteiger partial charge is 0.312 e. The molecule has 24 heavy (non-hydrogen) atoms. The van der Waals surface area contributed by atoms with Crippen LogP contribution in [0.1, 0.15) is 45.1 Å². The molecule has 0 bridgehead atoms. The van der Waals surface area contributed by atoms with E-state index in [0.29, 0.717) is 17.7 Å². The predicted octanol–water partition coefficient (Wildman–Crippen LogP) is 3.92. The molecule has 1 aliphatic rings. The van der Waals surface area contributed by atoms with E-state index >= 15 is 0 Å². The summed E-state index contributed by atoms with van der Waals surface area (Å²) in [6, 6.07) is 4.89. The van der Waals surface area contributed by atoms with Crippen molar-refractivity contribution in [2.75, 3.05) is 0 Å². The van der Waals surface area contributed by atoms with Crippen LogP contribution in [-0.2, 0) is 4.79 Å². The van der Waals surface area contributed by atoms with Crippen LogP contribution in [-0.4, -0.2) is 22.8 Å². The molecule has 0 fully saturated rings. The molecule has 1 N–H and O–H groups in total. The summed E-state index contributed by atoms with van der Waals surface area (Å²) in [4.78, 5) is 16.6. The summed E-state index contributed by atoms with van der Waals surface area (Å²) in [6.45, 7) is 5.16. The fourth-order valence-corrected chi connectivity index (χ4v) is 3.58. The highest BCUT2D eigenvalue weighted by Gasteiger charge is 2.54. The average Bonchev–Trinajstić information content (AvgIpc) is 2.53. The van der Waals surface area contributed by atoms with Gasteiger partial charge < -0.3 is 5.11 Å². The molecule has 4 atom stereocenters. The third kappa shape index (κ3) is 2.79. The number of rotatable bonds is 4. The highest BCUT2D eigenvalue weighted by molar-refractivity contribution is 5.91. The van der Waals surface area contributed by atoms with Gasteiger partial charge in [-0.05, 0) is 38.0 Å². The first-order chi connectivity index (χ1) is 11.3. The van der Waals surface area contributed by atoms with E-state index in [2.05, 4.69) is 11.1 Å². The Balaban J connectivity index is 2.70. The lowest BCUT2D eigenvalue weighted by Crippen LogP contribution is -2.51. The molecule has 6 heteroatoms. The number of carbonyl (C=O) groups is 1. The molecule has 0 radical (unpaired) electrons. The zero-order chi connectivity index (χ0) is 18.1. The molecule has 128 valence electrons. The number of aliphatic imine (C=N–C) groups is 1. The van der Waals surface area contributed by atoms with Crippen molar-refractivity contribution in [2.45, 2.75) is 45.6 Å². The van der Waals surface area contributed by atoms with E-state index in [1.807, 2.05) is 6.92 Å². The lowest BCUT2D eigenvalue weighted by Gasteiger charge is -2.44. The predicted molar refractivity (Wildman–Crippen MR) is 85.7 cm³/mol. The van der Waals surface area contributed by atoms with Crippen molar-refractivity contribution in [1.82, 2.24) is 0 Å². The molecule has 0 amide bonds. The number of hydrogen-bond donors (Lipinski definition) is 1. The highest BCUT2D eigenvalue weighted by Crippen LogP contribution is 2.50. The van der Waals surface area contributed by atoms with Crippen LogP contribution in [0.25, 0.3) is 0 Å². The Labute approximate surface area is 139 Å². The van der Waals surface area contributed by atoms with Gasteiger partial charge in [-0.1, -0.05) is 19.4 Å². The second kappa shape index (κ2) is 6.68. The van der Waals surface area contributed by atoms with Crippen LogP contribution in [0.3, 0.4) is 0 Å². The summed E-state index contributed by atoms with van der Waals surface area (Å²) in [6.07, 6.45) is 1.27. The molecule has 1 aromatic carbocycles. The van der Waals surface area contributed by atoms with Crippen molar-refractivity contribution in [3.63, 3.8) is 0 Å². The normalized spacial score (nSPS) is 29.7. The lowest BCUT2D eigenvalue weighted by atomic mass is 9.60. The maximum Gasteiger partial charge on any atom is 0.312 e. The van der Waals surface area contributed by atoms with Crippen LogP contribution in [0.5, 0.6) is 0 Å². The number of carboxylic acids is 1. The van der Waals surface area contributed by atoms with E-state index in [4.69, 9.17) is 0 Å². The molecule has 1 aliphatic heterocycles. The van der Waals surface area contributed by atoms with Crippen LogP contribution in [0.2, 0.25) is 0 Å². The lowest BCUT2D eigenvalue weighted by molar-refractivity contribution is -0.151. The topological polar surface area (TPSA) is 73.5 Å². The largest absolute Gasteiger partial charge is 0.481 e. The Hall–Kier alpha value is -2.29. The molecule has 0 spiro atoms. The molecule has 0 aromatic heterocycles. The maximum absolute atomic E-state index is 13.7. The Bertz CT molecular complexity index is 726. The van der Waals surface area contributed by atoms with Gasteiger partial charge in [-0.2, -0.15) is 5.26 Å². The van der Waals surface area contributed by atoms with Gasteiger partial charge in [0, 0.05) is 11.6 Å². The fourth-order valence-electron chi connectivity index (χ4n) is 3.58. The minimum absolute atomic E-state index is 0.306. The van der Waals surface area contributed by atoms with Crippen molar-refractivity contribution >= 4 is 11.7 Å². The van der Waals surface area contributed by atoms with Gasteiger partial charge in [0.25, 0.3) is 0 Å². The Morgan fingerprint density at radius 3 is 2.58 bits per heavy atom. The number of aliphatic carboxylic acids is 1. The first-order valence-electron chi connectivity index (χ1n) is 7.89. The van der Waals surface area contributed by atoms with Crippen LogP contribution >= 0.6 is 0 Å². The number of halogens is 2. The molecular formula is C18H20F2N2O2. The summed E-state index contributed by atoms with van der Waals surface area (Å²) in [5, 5.41) is 19.5. The molecule has 0 aliphatic carbocycles. The van der Waals surface area contributed by atoms with Gasteiger partial charge in [0.2, 0.25) is 0 Å². The number of benzene rings is 1. The van der Waals surface area contributed by atoms with Gasteiger partial charge in [0.15, 0.2) is 11.6 Å². The monoisotopic (exact) mass is 334 g/mol. The van der Waals surface area contributed by atoms with Gasteiger partial charge in [-0.25, -0.2) is 8.78 Å². The number of hydrogen-bond acceptors (Lipinski definition) is 3. The minimum Gasteiger partial charge on any atom is -0.481 e. The zero-order valence-corrected chi connectivity index (χ0v) is 13.9. The van der Waals surface area contributed by atoms with Crippen LogP contribution in [0.4, 0.5) is 8.78 Å². The first kappa shape index (κ1) is 18.1. The number of nitriles is 1. The summed E-state index contributed by atoms with van der Waals surface area (Å²) < 4.78 is 27.0. The summed E-state index contributed by atoms with van der Waals surface area (Å²) in [5.41, 5.74) is -0.537. The Morgan fingerprint density at radius 1 is 1.42 bits per heavy atom. The third-order valence-electron chi connectivity index (χ3n) is 4.95. The Morgan fingerprint density at radius 2 is 2.08 bits per heavy atom. The Kier molecular flexibility index (Phi) is 5.02. The maximum atomic E-state index is 13.7. The van der Waals surface area contributed by atoms with Gasteiger partial charge >= 0.3 is 5.97 Å².